The van der Waals surface area contributed by atoms with Crippen LogP contribution in [0.2, 0.25) is 0 Å². The van der Waals surface area contributed by atoms with Gasteiger partial charge in [-0.1, -0.05) is 12.1 Å². The highest BCUT2D eigenvalue weighted by Gasteiger charge is 2.32. The lowest BCUT2D eigenvalue weighted by molar-refractivity contribution is -0.149. The summed E-state index contributed by atoms with van der Waals surface area (Å²) in [7, 11) is 0. The lowest BCUT2D eigenvalue weighted by Gasteiger charge is -2.31. The molecule has 9 nitrogen and oxygen atoms in total. The van der Waals surface area contributed by atoms with E-state index in [1.165, 1.54) is 4.90 Å². The van der Waals surface area contributed by atoms with E-state index in [2.05, 4.69) is 5.10 Å². The number of hydrogen-bond acceptors (Lipinski definition) is 6. The number of rotatable bonds is 5. The first-order valence-corrected chi connectivity index (χ1v) is 10.1. The Hall–Kier alpha value is -3.23. The Bertz CT molecular complexity index is 1070. The molecule has 3 rings (SSSR count). The fourth-order valence-electron chi connectivity index (χ4n) is 3.62. The Labute approximate surface area is 173 Å². The summed E-state index contributed by atoms with van der Waals surface area (Å²) in [4.78, 5) is 52.3. The zero-order valence-corrected chi connectivity index (χ0v) is 17.5. The Morgan fingerprint density at radius 3 is 2.67 bits per heavy atom. The molecule has 0 saturated carbocycles. The molecular weight excluding hydrogens is 388 g/mol. The predicted octanol–water partition coefficient (Wildman–Crippen LogP) is 1.14. The largest absolute Gasteiger partial charge is 0.466 e. The van der Waals surface area contributed by atoms with Gasteiger partial charge in [0.1, 0.15) is 0 Å². The van der Waals surface area contributed by atoms with Gasteiger partial charge in [0.2, 0.25) is 5.69 Å². The number of aromatic nitrogens is 3. The molecule has 1 atom stereocenters. The van der Waals surface area contributed by atoms with E-state index >= 15 is 0 Å². The van der Waals surface area contributed by atoms with Crippen LogP contribution >= 0.6 is 0 Å². The number of ether oxygens (including phenoxy) is 1. The lowest BCUT2D eigenvalue weighted by atomic mass is 9.98. The van der Waals surface area contributed by atoms with Crippen LogP contribution < -0.4 is 11.2 Å². The minimum atomic E-state index is -0.727. The van der Waals surface area contributed by atoms with E-state index < -0.39 is 23.1 Å². The monoisotopic (exact) mass is 414 g/mol. The first-order chi connectivity index (χ1) is 14.4. The van der Waals surface area contributed by atoms with Crippen molar-refractivity contribution in [1.82, 2.24) is 19.2 Å². The Kier molecular flexibility index (Phi) is 6.49. The molecule has 2 aromatic rings. The average Bonchev–Trinajstić information content (AvgIpc) is 2.74. The normalized spacial score (nSPS) is 16.4. The van der Waals surface area contributed by atoms with Crippen LogP contribution in [0.3, 0.4) is 0 Å². The first kappa shape index (κ1) is 21.5. The molecule has 1 saturated heterocycles. The summed E-state index contributed by atoms with van der Waals surface area (Å²) in [5.74, 6) is -1.37. The number of esters is 1. The fraction of sp³-hybridized carbons (Fsp3) is 0.476. The second-order valence-electron chi connectivity index (χ2n) is 7.27. The van der Waals surface area contributed by atoms with E-state index in [1.54, 1.807) is 32.0 Å². The zero-order chi connectivity index (χ0) is 21.8. The van der Waals surface area contributed by atoms with Crippen LogP contribution in [0.25, 0.3) is 5.69 Å². The molecule has 1 aliphatic heterocycles. The van der Waals surface area contributed by atoms with Gasteiger partial charge in [-0.15, -0.1) is 0 Å². The van der Waals surface area contributed by atoms with Crippen LogP contribution in [-0.2, 0) is 16.1 Å². The molecule has 0 N–H and O–H groups in total. The Morgan fingerprint density at radius 2 is 2.00 bits per heavy atom. The van der Waals surface area contributed by atoms with Gasteiger partial charge in [-0.3, -0.25) is 19.0 Å². The van der Waals surface area contributed by atoms with Gasteiger partial charge >= 0.3 is 11.7 Å². The maximum absolute atomic E-state index is 13.2. The third kappa shape index (κ3) is 4.19. The lowest BCUT2D eigenvalue weighted by Crippen LogP contribution is -2.49. The van der Waals surface area contributed by atoms with Crippen molar-refractivity contribution < 1.29 is 14.3 Å². The van der Waals surface area contributed by atoms with E-state index in [9.17, 15) is 19.2 Å². The van der Waals surface area contributed by atoms with Crippen LogP contribution in [-0.4, -0.2) is 50.8 Å². The zero-order valence-electron chi connectivity index (χ0n) is 17.5. The maximum Gasteiger partial charge on any atom is 0.352 e. The van der Waals surface area contributed by atoms with Crippen molar-refractivity contribution in [1.29, 1.82) is 0 Å². The molecule has 1 fully saturated rings. The van der Waals surface area contributed by atoms with Crippen molar-refractivity contribution in [3.63, 3.8) is 0 Å². The standard InChI is InChI=1S/C21H26N4O5/c1-4-24-19(27)17(22-25(21(24)29)16-10-6-8-14(3)12-16)18(26)23-11-7-9-15(13-23)20(28)30-5-2/h6,8,10,12,15H,4-5,7,9,11,13H2,1-3H3/t15-/m1/s1. The van der Waals surface area contributed by atoms with Crippen molar-refractivity contribution in [3.8, 4) is 5.69 Å². The van der Waals surface area contributed by atoms with Gasteiger partial charge in [-0.25, -0.2) is 4.79 Å². The Balaban J connectivity index is 2.02. The van der Waals surface area contributed by atoms with E-state index in [4.69, 9.17) is 4.74 Å². The number of amides is 1. The molecular formula is C21H26N4O5. The summed E-state index contributed by atoms with van der Waals surface area (Å²) in [6, 6.07) is 7.10. The second-order valence-corrected chi connectivity index (χ2v) is 7.27. The maximum atomic E-state index is 13.2. The minimum Gasteiger partial charge on any atom is -0.466 e. The smallest absolute Gasteiger partial charge is 0.352 e. The molecule has 1 amide bonds. The van der Waals surface area contributed by atoms with Gasteiger partial charge in [0.25, 0.3) is 11.5 Å². The molecule has 30 heavy (non-hydrogen) atoms. The Morgan fingerprint density at radius 1 is 1.23 bits per heavy atom. The molecule has 0 unspecified atom stereocenters. The highest BCUT2D eigenvalue weighted by atomic mass is 16.5. The molecule has 0 bridgehead atoms. The predicted molar refractivity (Wildman–Crippen MR) is 110 cm³/mol. The number of hydrogen-bond donors (Lipinski definition) is 0. The third-order valence-electron chi connectivity index (χ3n) is 5.15. The number of piperidine rings is 1. The highest BCUT2D eigenvalue weighted by Crippen LogP contribution is 2.19. The quantitative estimate of drug-likeness (QED) is 0.680. The second kappa shape index (κ2) is 9.06. The van der Waals surface area contributed by atoms with Crippen LogP contribution in [0, 0.1) is 12.8 Å². The minimum absolute atomic E-state index is 0.109. The van der Waals surface area contributed by atoms with Crippen LogP contribution in [0.15, 0.2) is 33.9 Å². The number of nitrogens with zero attached hydrogens (tertiary/aromatic N) is 4. The van der Waals surface area contributed by atoms with E-state index in [-0.39, 0.29) is 31.4 Å². The number of carbonyl (C=O) groups is 2. The first-order valence-electron chi connectivity index (χ1n) is 10.1. The molecule has 9 heteroatoms. The summed E-state index contributed by atoms with van der Waals surface area (Å²) < 4.78 is 7.15. The van der Waals surface area contributed by atoms with Crippen LogP contribution in [0.4, 0.5) is 0 Å². The molecule has 160 valence electrons. The summed E-state index contributed by atoms with van der Waals surface area (Å²) in [5, 5.41) is 4.14. The van der Waals surface area contributed by atoms with Crippen LogP contribution in [0.1, 0.15) is 42.7 Å². The van der Waals surface area contributed by atoms with Gasteiger partial charge in [-0.2, -0.15) is 9.78 Å². The molecule has 2 heterocycles. The molecule has 0 spiro atoms. The number of carbonyl (C=O) groups excluding carboxylic acids is 2. The molecule has 1 aliphatic rings. The van der Waals surface area contributed by atoms with Crippen molar-refractivity contribution >= 4 is 11.9 Å². The molecule has 1 aromatic carbocycles. The van der Waals surface area contributed by atoms with Gasteiger partial charge in [0.05, 0.1) is 18.2 Å². The third-order valence-corrected chi connectivity index (χ3v) is 5.15. The number of benzene rings is 1. The number of aryl methyl sites for hydroxylation is 1. The van der Waals surface area contributed by atoms with E-state index in [0.29, 0.717) is 25.1 Å². The van der Waals surface area contributed by atoms with E-state index in [1.807, 2.05) is 13.0 Å². The van der Waals surface area contributed by atoms with Gasteiger partial charge in [0.15, 0.2) is 0 Å². The molecule has 0 radical (unpaired) electrons. The van der Waals surface area contributed by atoms with Gasteiger partial charge < -0.3 is 9.64 Å². The number of likely N-dealkylation sites (tertiary alicyclic amines) is 1. The van der Waals surface area contributed by atoms with Crippen molar-refractivity contribution in [3.05, 3.63) is 56.4 Å². The van der Waals surface area contributed by atoms with E-state index in [0.717, 1.165) is 14.8 Å². The highest BCUT2D eigenvalue weighted by molar-refractivity contribution is 5.92. The van der Waals surface area contributed by atoms with Gasteiger partial charge in [-0.05, 0) is 51.3 Å². The van der Waals surface area contributed by atoms with Crippen molar-refractivity contribution in [2.45, 2.75) is 40.2 Å². The summed E-state index contributed by atoms with van der Waals surface area (Å²) in [5.41, 5.74) is -0.277. The summed E-state index contributed by atoms with van der Waals surface area (Å²) >= 11 is 0. The SMILES string of the molecule is CCOC(=O)[C@@H]1CCCN(C(=O)c2nn(-c3cccc(C)c3)c(=O)n(CC)c2=O)C1. The molecule has 0 aliphatic carbocycles. The summed E-state index contributed by atoms with van der Waals surface area (Å²) in [6.45, 7) is 6.22. The van der Waals surface area contributed by atoms with Crippen molar-refractivity contribution in [2.75, 3.05) is 19.7 Å². The van der Waals surface area contributed by atoms with Crippen molar-refractivity contribution in [2.24, 2.45) is 5.92 Å². The fourth-order valence-corrected chi connectivity index (χ4v) is 3.62. The average molecular weight is 414 g/mol. The van der Waals surface area contributed by atoms with Crippen LogP contribution in [0.5, 0.6) is 0 Å². The topological polar surface area (TPSA) is 104 Å². The molecule has 1 aromatic heterocycles. The summed E-state index contributed by atoms with van der Waals surface area (Å²) in [6.07, 6.45) is 1.24. The van der Waals surface area contributed by atoms with Gasteiger partial charge in [0, 0.05) is 19.6 Å².